The monoisotopic (exact) mass is 617 g/mol. The van der Waals surface area contributed by atoms with Crippen LogP contribution in [0.2, 0.25) is 0 Å². The quantitative estimate of drug-likeness (QED) is 0.263. The molecule has 1 atom stereocenters. The minimum Gasteiger partial charge on any atom is -0.381 e. The molecule has 13 heteroatoms. The Morgan fingerprint density at radius 3 is 2.63 bits per heavy atom. The topological polar surface area (TPSA) is 144 Å². The Morgan fingerprint density at radius 1 is 1.02 bits per heavy atom. The number of hydrogen-bond acceptors (Lipinski definition) is 9. The van der Waals surface area contributed by atoms with Crippen LogP contribution >= 0.6 is 0 Å². The standard InChI is InChI=1S/C33H35N11O2/c1-22(37-32(45)28-29(34)39-43-13-7-12-35-31(28)43)30-38-26-11-6-10-25(27(26)33(46)44(30)24-8-4-3-5-9-24)23-20-36-42(21-23)19-18-41-16-14-40(2)15-17-41/h3-13,20-22H,14-19H2,1-2H3,(H2,34,39)(H,37,45). The minimum atomic E-state index is -0.677. The Hall–Kier alpha value is -5.40. The van der Waals surface area contributed by atoms with E-state index in [4.69, 9.17) is 10.7 Å². The summed E-state index contributed by atoms with van der Waals surface area (Å²) in [7, 11) is 2.15. The molecule has 7 rings (SSSR count). The molecule has 0 bridgehead atoms. The Labute approximate surface area is 264 Å². The molecule has 0 saturated carbocycles. The normalized spacial score (nSPS) is 15.0. The van der Waals surface area contributed by atoms with E-state index in [2.05, 4.69) is 37.3 Å². The second kappa shape index (κ2) is 12.2. The molecule has 4 aromatic heterocycles. The van der Waals surface area contributed by atoms with Crippen molar-refractivity contribution in [2.24, 2.45) is 0 Å². The lowest BCUT2D eigenvalue weighted by atomic mass is 10.0. The maximum absolute atomic E-state index is 14.5. The molecule has 1 saturated heterocycles. The van der Waals surface area contributed by atoms with Crippen molar-refractivity contribution in [1.29, 1.82) is 0 Å². The molecule has 13 nitrogen and oxygen atoms in total. The van der Waals surface area contributed by atoms with Crippen LogP contribution in [0.25, 0.3) is 33.4 Å². The fourth-order valence-electron chi connectivity index (χ4n) is 6.00. The van der Waals surface area contributed by atoms with Gasteiger partial charge in [-0.3, -0.25) is 23.7 Å². The highest BCUT2D eigenvalue weighted by Gasteiger charge is 2.25. The second-order valence-electron chi connectivity index (χ2n) is 11.6. The lowest BCUT2D eigenvalue weighted by molar-refractivity contribution is 0.0940. The molecule has 1 amide bonds. The van der Waals surface area contributed by atoms with Crippen molar-refractivity contribution in [3.05, 3.63) is 101 Å². The SMILES string of the molecule is CC(NC(=O)c1c(N)nn2cccnc12)c1nc2cccc(-c3cnn(CCN4CCN(C)CC4)c3)c2c(=O)n1-c1ccccc1. The van der Waals surface area contributed by atoms with Crippen LogP contribution in [0.4, 0.5) is 5.82 Å². The van der Waals surface area contributed by atoms with Gasteiger partial charge in [0, 0.05) is 56.9 Å². The molecule has 1 aliphatic rings. The summed E-state index contributed by atoms with van der Waals surface area (Å²) in [5.41, 5.74) is 9.11. The molecule has 6 aromatic rings. The van der Waals surface area contributed by atoms with Crippen molar-refractivity contribution in [3.8, 4) is 16.8 Å². The van der Waals surface area contributed by atoms with Crippen LogP contribution in [0, 0.1) is 0 Å². The van der Waals surface area contributed by atoms with Gasteiger partial charge >= 0.3 is 0 Å². The third kappa shape index (κ3) is 5.50. The first kappa shape index (κ1) is 29.3. The largest absolute Gasteiger partial charge is 0.381 e. The number of carbonyl (C=O) groups is 1. The fourth-order valence-corrected chi connectivity index (χ4v) is 6.00. The summed E-state index contributed by atoms with van der Waals surface area (Å²) < 4.78 is 4.95. The van der Waals surface area contributed by atoms with Gasteiger partial charge < -0.3 is 16.0 Å². The Bertz CT molecular complexity index is 2090. The van der Waals surface area contributed by atoms with Crippen LogP contribution in [0.5, 0.6) is 0 Å². The number of fused-ring (bicyclic) bond motifs is 2. The zero-order valence-corrected chi connectivity index (χ0v) is 25.7. The highest BCUT2D eigenvalue weighted by Crippen LogP contribution is 2.28. The molecule has 0 radical (unpaired) electrons. The summed E-state index contributed by atoms with van der Waals surface area (Å²) >= 11 is 0. The molecule has 234 valence electrons. The average molecular weight is 618 g/mol. The number of benzene rings is 2. The van der Waals surface area contributed by atoms with E-state index in [-0.39, 0.29) is 16.9 Å². The van der Waals surface area contributed by atoms with E-state index in [9.17, 15) is 9.59 Å². The number of anilines is 1. The van der Waals surface area contributed by atoms with Gasteiger partial charge in [0.2, 0.25) is 0 Å². The van der Waals surface area contributed by atoms with E-state index in [1.54, 1.807) is 36.1 Å². The van der Waals surface area contributed by atoms with E-state index in [0.717, 1.165) is 50.4 Å². The fraction of sp³-hybridized carbons (Fsp3) is 0.273. The van der Waals surface area contributed by atoms with Crippen molar-refractivity contribution in [1.82, 2.24) is 49.0 Å². The smallest absolute Gasteiger partial charge is 0.266 e. The molecule has 1 aliphatic heterocycles. The molecular weight excluding hydrogens is 582 g/mol. The summed E-state index contributed by atoms with van der Waals surface area (Å²) in [6.45, 7) is 7.68. The molecule has 0 spiro atoms. The van der Waals surface area contributed by atoms with Crippen LogP contribution in [-0.4, -0.2) is 89.4 Å². The van der Waals surface area contributed by atoms with Crippen LogP contribution in [0.15, 0.2) is 84.2 Å². The Kier molecular flexibility index (Phi) is 7.76. The van der Waals surface area contributed by atoms with Crippen molar-refractivity contribution >= 4 is 28.3 Å². The van der Waals surface area contributed by atoms with Gasteiger partial charge in [0.1, 0.15) is 11.4 Å². The number of nitrogen functional groups attached to an aromatic ring is 1. The van der Waals surface area contributed by atoms with Gasteiger partial charge in [-0.2, -0.15) is 5.10 Å². The number of amides is 1. The second-order valence-corrected chi connectivity index (χ2v) is 11.6. The summed E-state index contributed by atoms with van der Waals surface area (Å²) in [4.78, 5) is 42.0. The predicted octanol–water partition coefficient (Wildman–Crippen LogP) is 2.61. The highest BCUT2D eigenvalue weighted by molar-refractivity contribution is 6.04. The number of nitrogens with one attached hydrogen (secondary N) is 1. The average Bonchev–Trinajstić information content (AvgIpc) is 3.68. The van der Waals surface area contributed by atoms with Gasteiger partial charge in [0.15, 0.2) is 11.5 Å². The molecule has 1 fully saturated rings. The van der Waals surface area contributed by atoms with Gasteiger partial charge in [-0.1, -0.05) is 30.3 Å². The summed E-state index contributed by atoms with van der Waals surface area (Å²) in [6.07, 6.45) is 7.04. The van der Waals surface area contributed by atoms with Crippen molar-refractivity contribution in [2.45, 2.75) is 19.5 Å². The Balaban J connectivity index is 1.25. The zero-order chi connectivity index (χ0) is 31.8. The summed E-state index contributed by atoms with van der Waals surface area (Å²) in [5, 5.41) is 12.3. The van der Waals surface area contributed by atoms with Gasteiger partial charge in [0.25, 0.3) is 11.5 Å². The number of aromatic nitrogens is 7. The van der Waals surface area contributed by atoms with Crippen molar-refractivity contribution < 1.29 is 4.79 Å². The van der Waals surface area contributed by atoms with Crippen LogP contribution < -0.4 is 16.6 Å². The molecule has 46 heavy (non-hydrogen) atoms. The molecule has 2 aromatic carbocycles. The first-order valence-electron chi connectivity index (χ1n) is 15.3. The van der Waals surface area contributed by atoms with Gasteiger partial charge in [-0.15, -0.1) is 5.10 Å². The van der Waals surface area contributed by atoms with Gasteiger partial charge in [-0.05, 0) is 43.8 Å². The lowest BCUT2D eigenvalue weighted by Crippen LogP contribution is -2.45. The van der Waals surface area contributed by atoms with Crippen molar-refractivity contribution in [3.63, 3.8) is 0 Å². The van der Waals surface area contributed by atoms with Crippen LogP contribution in [-0.2, 0) is 6.54 Å². The number of likely N-dealkylation sites (N-methyl/N-ethyl adjacent to an activating group) is 1. The number of nitrogens with two attached hydrogens (primary N) is 1. The summed E-state index contributed by atoms with van der Waals surface area (Å²) in [6, 6.07) is 16.0. The zero-order valence-electron chi connectivity index (χ0n) is 25.7. The molecule has 0 aliphatic carbocycles. The predicted molar refractivity (Wildman–Crippen MR) is 176 cm³/mol. The van der Waals surface area contributed by atoms with E-state index >= 15 is 0 Å². The maximum Gasteiger partial charge on any atom is 0.266 e. The molecule has 3 N–H and O–H groups in total. The maximum atomic E-state index is 14.5. The molecular formula is C33H35N11O2. The number of nitrogens with zero attached hydrogens (tertiary/aromatic N) is 9. The van der Waals surface area contributed by atoms with E-state index in [1.165, 1.54) is 4.52 Å². The minimum absolute atomic E-state index is 0.0593. The number of hydrogen-bond donors (Lipinski definition) is 2. The van der Waals surface area contributed by atoms with E-state index in [0.29, 0.717) is 28.1 Å². The van der Waals surface area contributed by atoms with E-state index in [1.807, 2.05) is 59.4 Å². The van der Waals surface area contributed by atoms with Crippen molar-refractivity contribution in [2.75, 3.05) is 45.5 Å². The lowest BCUT2D eigenvalue weighted by Gasteiger charge is -2.32. The number of para-hydroxylation sites is 1. The highest BCUT2D eigenvalue weighted by atomic mass is 16.2. The van der Waals surface area contributed by atoms with E-state index < -0.39 is 11.9 Å². The first-order valence-corrected chi connectivity index (χ1v) is 15.3. The summed E-state index contributed by atoms with van der Waals surface area (Å²) in [5.74, 6) is -0.0329. The third-order valence-electron chi connectivity index (χ3n) is 8.51. The number of rotatable bonds is 8. The first-order chi connectivity index (χ1) is 22.4. The van der Waals surface area contributed by atoms with Gasteiger partial charge in [-0.25, -0.2) is 14.5 Å². The molecule has 1 unspecified atom stereocenters. The van der Waals surface area contributed by atoms with Crippen LogP contribution in [0.1, 0.15) is 29.1 Å². The molecule has 5 heterocycles. The third-order valence-corrected chi connectivity index (χ3v) is 8.51. The number of carbonyl (C=O) groups excluding carboxylic acids is 1. The number of piperazine rings is 1. The van der Waals surface area contributed by atoms with Crippen LogP contribution in [0.3, 0.4) is 0 Å². The Morgan fingerprint density at radius 2 is 1.83 bits per heavy atom. The van der Waals surface area contributed by atoms with Gasteiger partial charge in [0.05, 0.1) is 35.4 Å².